The number of rotatable bonds is 4. The molecule has 0 aliphatic heterocycles. The van der Waals surface area contributed by atoms with E-state index in [9.17, 15) is 4.79 Å². The summed E-state index contributed by atoms with van der Waals surface area (Å²) in [4.78, 5) is 17.3. The Hall–Kier alpha value is -3.67. The van der Waals surface area contributed by atoms with E-state index < -0.39 is 0 Å². The van der Waals surface area contributed by atoms with Crippen molar-refractivity contribution in [2.45, 2.75) is 13.8 Å². The predicted octanol–water partition coefficient (Wildman–Crippen LogP) is 4.27. The first-order valence-corrected chi connectivity index (χ1v) is 8.93. The summed E-state index contributed by atoms with van der Waals surface area (Å²) in [7, 11) is 1.64. The molecule has 2 aromatic heterocycles. The highest BCUT2D eigenvalue weighted by Crippen LogP contribution is 2.26. The molecular weight excluding hydrogens is 352 g/mol. The molecule has 0 bridgehead atoms. The van der Waals surface area contributed by atoms with E-state index in [2.05, 4.69) is 15.4 Å². The van der Waals surface area contributed by atoms with E-state index in [4.69, 9.17) is 4.74 Å². The predicted molar refractivity (Wildman–Crippen MR) is 109 cm³/mol. The number of anilines is 1. The molecular formula is C22H20N4O2. The average molecular weight is 372 g/mol. The van der Waals surface area contributed by atoms with Crippen molar-refractivity contribution < 1.29 is 9.53 Å². The summed E-state index contributed by atoms with van der Waals surface area (Å²) in [5.74, 6) is 0.547. The second-order valence-electron chi connectivity index (χ2n) is 6.60. The molecule has 0 radical (unpaired) electrons. The minimum absolute atomic E-state index is 0.240. The number of methoxy groups -OCH3 is 1. The summed E-state index contributed by atoms with van der Waals surface area (Å²) in [6, 6.07) is 17.4. The van der Waals surface area contributed by atoms with Gasteiger partial charge in [0.2, 0.25) is 0 Å². The van der Waals surface area contributed by atoms with Gasteiger partial charge in [0, 0.05) is 17.1 Å². The summed E-state index contributed by atoms with van der Waals surface area (Å²) in [5.41, 5.74) is 5.48. The number of fused-ring (bicyclic) bond motifs is 1. The fourth-order valence-corrected chi connectivity index (χ4v) is 3.21. The molecule has 0 saturated heterocycles. The standard InChI is InChI=1S/C22H20N4O2/c1-14-10-15(2)26-21(24-14)20(13-23-26)22(27)25-18-8-4-6-16(11-18)17-7-5-9-19(12-17)28-3/h4-13H,1-3H3,(H,25,27). The molecule has 6 heteroatoms. The Bertz CT molecular complexity index is 1180. The van der Waals surface area contributed by atoms with Crippen LogP contribution in [0, 0.1) is 13.8 Å². The molecule has 140 valence electrons. The number of amides is 1. The van der Waals surface area contributed by atoms with Crippen molar-refractivity contribution in [1.82, 2.24) is 14.6 Å². The zero-order valence-corrected chi connectivity index (χ0v) is 15.9. The van der Waals surface area contributed by atoms with Crippen LogP contribution in [0.5, 0.6) is 5.75 Å². The molecule has 1 N–H and O–H groups in total. The zero-order chi connectivity index (χ0) is 19.7. The molecule has 0 fully saturated rings. The van der Waals surface area contributed by atoms with Crippen molar-refractivity contribution in [3.63, 3.8) is 0 Å². The number of aryl methyl sites for hydroxylation is 2. The fraction of sp³-hybridized carbons (Fsp3) is 0.136. The van der Waals surface area contributed by atoms with E-state index in [1.807, 2.05) is 68.4 Å². The highest BCUT2D eigenvalue weighted by molar-refractivity contribution is 6.08. The van der Waals surface area contributed by atoms with Crippen molar-refractivity contribution in [2.75, 3.05) is 12.4 Å². The third kappa shape index (κ3) is 3.32. The topological polar surface area (TPSA) is 68.5 Å². The number of ether oxygens (including phenoxy) is 1. The van der Waals surface area contributed by atoms with Gasteiger partial charge < -0.3 is 10.1 Å². The Morgan fingerprint density at radius 2 is 1.79 bits per heavy atom. The van der Waals surface area contributed by atoms with Crippen LogP contribution >= 0.6 is 0 Å². The van der Waals surface area contributed by atoms with Gasteiger partial charge in [-0.3, -0.25) is 4.79 Å². The Labute approximate surface area is 162 Å². The van der Waals surface area contributed by atoms with Crippen LogP contribution < -0.4 is 10.1 Å². The Morgan fingerprint density at radius 3 is 2.57 bits per heavy atom. The first-order valence-electron chi connectivity index (χ1n) is 8.93. The molecule has 2 heterocycles. The maximum Gasteiger partial charge on any atom is 0.261 e. The van der Waals surface area contributed by atoms with Crippen molar-refractivity contribution in [3.8, 4) is 16.9 Å². The molecule has 0 atom stereocenters. The van der Waals surface area contributed by atoms with E-state index in [1.165, 1.54) is 0 Å². The second-order valence-corrected chi connectivity index (χ2v) is 6.60. The maximum atomic E-state index is 12.8. The lowest BCUT2D eigenvalue weighted by Crippen LogP contribution is -2.12. The maximum absolute atomic E-state index is 12.8. The molecule has 0 aliphatic carbocycles. The third-order valence-corrected chi connectivity index (χ3v) is 4.55. The summed E-state index contributed by atoms with van der Waals surface area (Å²) in [6.07, 6.45) is 1.55. The molecule has 4 rings (SSSR count). The van der Waals surface area contributed by atoms with Gasteiger partial charge in [0.15, 0.2) is 5.65 Å². The van der Waals surface area contributed by atoms with Gasteiger partial charge in [-0.25, -0.2) is 9.50 Å². The largest absolute Gasteiger partial charge is 0.497 e. The minimum atomic E-state index is -0.240. The van der Waals surface area contributed by atoms with Crippen LogP contribution in [-0.4, -0.2) is 27.6 Å². The molecule has 4 aromatic rings. The van der Waals surface area contributed by atoms with Gasteiger partial charge in [-0.05, 0) is 55.3 Å². The van der Waals surface area contributed by atoms with Gasteiger partial charge in [-0.15, -0.1) is 0 Å². The van der Waals surface area contributed by atoms with E-state index in [1.54, 1.807) is 17.8 Å². The Morgan fingerprint density at radius 1 is 1.04 bits per heavy atom. The number of aromatic nitrogens is 3. The van der Waals surface area contributed by atoms with Crippen LogP contribution in [0.15, 0.2) is 60.8 Å². The van der Waals surface area contributed by atoms with Crippen molar-refractivity contribution in [1.29, 1.82) is 0 Å². The summed E-state index contributed by atoms with van der Waals surface area (Å²) < 4.78 is 6.97. The van der Waals surface area contributed by atoms with Crippen LogP contribution in [0.2, 0.25) is 0 Å². The monoisotopic (exact) mass is 372 g/mol. The number of benzene rings is 2. The average Bonchev–Trinajstić information content (AvgIpc) is 3.12. The first kappa shape index (κ1) is 17.7. The van der Waals surface area contributed by atoms with E-state index in [0.717, 1.165) is 28.3 Å². The van der Waals surface area contributed by atoms with Gasteiger partial charge in [-0.1, -0.05) is 24.3 Å². The van der Waals surface area contributed by atoms with Crippen LogP contribution in [0.1, 0.15) is 21.7 Å². The Kier molecular flexibility index (Phi) is 4.53. The summed E-state index contributed by atoms with van der Waals surface area (Å²) in [5, 5.41) is 7.24. The van der Waals surface area contributed by atoms with Gasteiger partial charge in [0.25, 0.3) is 5.91 Å². The smallest absolute Gasteiger partial charge is 0.261 e. The highest BCUT2D eigenvalue weighted by Gasteiger charge is 2.16. The summed E-state index contributed by atoms with van der Waals surface area (Å²) >= 11 is 0. The number of carbonyl (C=O) groups excluding carboxylic acids is 1. The second kappa shape index (κ2) is 7.15. The lowest BCUT2D eigenvalue weighted by molar-refractivity contribution is 0.102. The highest BCUT2D eigenvalue weighted by atomic mass is 16.5. The van der Waals surface area contributed by atoms with Crippen LogP contribution in [0.4, 0.5) is 5.69 Å². The fourth-order valence-electron chi connectivity index (χ4n) is 3.21. The molecule has 0 unspecified atom stereocenters. The minimum Gasteiger partial charge on any atom is -0.497 e. The zero-order valence-electron chi connectivity index (χ0n) is 15.9. The first-order chi connectivity index (χ1) is 13.5. The lowest BCUT2D eigenvalue weighted by Gasteiger charge is -2.08. The van der Waals surface area contributed by atoms with E-state index in [-0.39, 0.29) is 5.91 Å². The molecule has 6 nitrogen and oxygen atoms in total. The van der Waals surface area contributed by atoms with Gasteiger partial charge in [0.1, 0.15) is 11.3 Å². The van der Waals surface area contributed by atoms with Gasteiger partial charge in [-0.2, -0.15) is 5.10 Å². The van der Waals surface area contributed by atoms with Crippen molar-refractivity contribution in [3.05, 3.63) is 77.7 Å². The quantitative estimate of drug-likeness (QED) is 0.581. The normalized spacial score (nSPS) is 10.8. The Balaban J connectivity index is 1.64. The van der Waals surface area contributed by atoms with E-state index in [0.29, 0.717) is 16.9 Å². The molecule has 0 aliphatic rings. The van der Waals surface area contributed by atoms with Crippen LogP contribution in [0.3, 0.4) is 0 Å². The lowest BCUT2D eigenvalue weighted by atomic mass is 10.0. The van der Waals surface area contributed by atoms with Crippen molar-refractivity contribution in [2.24, 2.45) is 0 Å². The molecule has 0 saturated carbocycles. The number of hydrogen-bond acceptors (Lipinski definition) is 4. The SMILES string of the molecule is COc1cccc(-c2cccc(NC(=O)c3cnn4c(C)cc(C)nc34)c2)c1. The third-order valence-electron chi connectivity index (χ3n) is 4.55. The molecule has 2 aromatic carbocycles. The van der Waals surface area contributed by atoms with Crippen LogP contribution in [0.25, 0.3) is 16.8 Å². The van der Waals surface area contributed by atoms with E-state index >= 15 is 0 Å². The molecule has 0 spiro atoms. The molecule has 1 amide bonds. The van der Waals surface area contributed by atoms with Gasteiger partial charge >= 0.3 is 0 Å². The number of hydrogen-bond donors (Lipinski definition) is 1. The van der Waals surface area contributed by atoms with Crippen LogP contribution in [-0.2, 0) is 0 Å². The number of nitrogens with zero attached hydrogens (tertiary/aromatic N) is 3. The summed E-state index contributed by atoms with van der Waals surface area (Å²) in [6.45, 7) is 3.84. The van der Waals surface area contributed by atoms with Crippen molar-refractivity contribution >= 4 is 17.2 Å². The number of carbonyl (C=O) groups is 1. The molecule has 28 heavy (non-hydrogen) atoms. The number of nitrogens with one attached hydrogen (secondary N) is 1. The van der Waals surface area contributed by atoms with Gasteiger partial charge in [0.05, 0.1) is 13.3 Å².